The summed E-state index contributed by atoms with van der Waals surface area (Å²) in [5.74, 6) is 1.56. The number of para-hydroxylation sites is 2. The normalized spacial score (nSPS) is 15.8. The third-order valence-electron chi connectivity index (χ3n) is 5.49. The second-order valence-corrected chi connectivity index (χ2v) is 8.32. The number of carbonyl (C=O) groups excluding carboxylic acids is 1. The summed E-state index contributed by atoms with van der Waals surface area (Å²) in [4.78, 5) is 17.4. The number of hydrogen-bond acceptors (Lipinski definition) is 4. The lowest BCUT2D eigenvalue weighted by atomic mass is 9.97. The Kier molecular flexibility index (Phi) is 8.14. The van der Waals surface area contributed by atoms with Crippen LogP contribution < -0.4 is 15.0 Å². The monoisotopic (exact) mass is 409 g/mol. The molecule has 5 nitrogen and oxygen atoms in total. The van der Waals surface area contributed by atoms with Gasteiger partial charge in [0, 0.05) is 26.2 Å². The summed E-state index contributed by atoms with van der Waals surface area (Å²) in [6, 6.07) is 18.6. The van der Waals surface area contributed by atoms with Gasteiger partial charge in [-0.2, -0.15) is 0 Å². The molecule has 1 aliphatic heterocycles. The van der Waals surface area contributed by atoms with Gasteiger partial charge in [-0.15, -0.1) is 0 Å². The van der Waals surface area contributed by atoms with E-state index in [0.717, 1.165) is 44.0 Å². The number of nitrogens with zero attached hydrogens (tertiary/aromatic N) is 2. The van der Waals surface area contributed by atoms with E-state index in [1.165, 1.54) is 5.56 Å². The van der Waals surface area contributed by atoms with Crippen LogP contribution in [0.2, 0.25) is 0 Å². The van der Waals surface area contributed by atoms with E-state index in [2.05, 4.69) is 53.2 Å². The van der Waals surface area contributed by atoms with Crippen LogP contribution in [0, 0.1) is 5.92 Å². The molecule has 0 radical (unpaired) electrons. The van der Waals surface area contributed by atoms with Gasteiger partial charge in [-0.3, -0.25) is 9.69 Å². The van der Waals surface area contributed by atoms with Gasteiger partial charge in [0.2, 0.25) is 5.91 Å². The molecule has 2 aromatic rings. The predicted molar refractivity (Wildman–Crippen MR) is 123 cm³/mol. The number of benzene rings is 2. The van der Waals surface area contributed by atoms with Crippen molar-refractivity contribution >= 4 is 11.6 Å². The van der Waals surface area contributed by atoms with Crippen LogP contribution in [0.25, 0.3) is 0 Å². The average molecular weight is 410 g/mol. The molecule has 1 aliphatic rings. The molecule has 162 valence electrons. The molecule has 1 heterocycles. The van der Waals surface area contributed by atoms with Crippen LogP contribution in [0.1, 0.15) is 38.8 Å². The standard InChI is InChI=1S/C25H35N3O2/c1-4-30-24-13-9-8-12-23(24)28-16-14-27(15-17-28)19-25(29)26-22(18-20(2)3)21-10-6-5-7-11-21/h5-13,20,22H,4,14-19H2,1-3H3,(H,26,29)/t22-/m0/s1. The molecular formula is C25H35N3O2. The number of ether oxygens (including phenoxy) is 1. The van der Waals surface area contributed by atoms with Crippen molar-refractivity contribution in [3.8, 4) is 5.75 Å². The molecule has 1 fully saturated rings. The van der Waals surface area contributed by atoms with Crippen molar-refractivity contribution in [2.75, 3.05) is 44.2 Å². The zero-order valence-corrected chi connectivity index (χ0v) is 18.5. The molecule has 1 amide bonds. The Bertz CT molecular complexity index is 786. The van der Waals surface area contributed by atoms with E-state index in [9.17, 15) is 4.79 Å². The van der Waals surface area contributed by atoms with Gasteiger partial charge in [0.1, 0.15) is 5.75 Å². The number of nitrogens with one attached hydrogen (secondary N) is 1. The Morgan fingerprint density at radius 3 is 2.33 bits per heavy atom. The van der Waals surface area contributed by atoms with Gasteiger partial charge in [-0.05, 0) is 37.0 Å². The lowest BCUT2D eigenvalue weighted by Gasteiger charge is -2.36. The average Bonchev–Trinajstić information content (AvgIpc) is 2.75. The summed E-state index contributed by atoms with van der Waals surface area (Å²) in [7, 11) is 0. The van der Waals surface area contributed by atoms with Crippen molar-refractivity contribution in [2.45, 2.75) is 33.2 Å². The molecule has 1 saturated heterocycles. The van der Waals surface area contributed by atoms with Gasteiger partial charge in [0.15, 0.2) is 0 Å². The van der Waals surface area contributed by atoms with Gasteiger partial charge in [-0.1, -0.05) is 56.3 Å². The van der Waals surface area contributed by atoms with E-state index >= 15 is 0 Å². The van der Waals surface area contributed by atoms with Gasteiger partial charge in [0.05, 0.1) is 24.9 Å². The van der Waals surface area contributed by atoms with Crippen molar-refractivity contribution < 1.29 is 9.53 Å². The summed E-state index contributed by atoms with van der Waals surface area (Å²) < 4.78 is 5.78. The van der Waals surface area contributed by atoms with E-state index in [0.29, 0.717) is 19.1 Å². The van der Waals surface area contributed by atoms with E-state index < -0.39 is 0 Å². The van der Waals surface area contributed by atoms with Crippen LogP contribution in [-0.4, -0.2) is 50.1 Å². The molecule has 0 unspecified atom stereocenters. The maximum Gasteiger partial charge on any atom is 0.234 e. The summed E-state index contributed by atoms with van der Waals surface area (Å²) >= 11 is 0. The number of hydrogen-bond donors (Lipinski definition) is 1. The fourth-order valence-corrected chi connectivity index (χ4v) is 4.02. The first-order valence-electron chi connectivity index (χ1n) is 11.1. The molecule has 1 atom stereocenters. The Hall–Kier alpha value is -2.53. The molecule has 5 heteroatoms. The highest BCUT2D eigenvalue weighted by molar-refractivity contribution is 5.78. The van der Waals surface area contributed by atoms with Crippen LogP contribution in [0.5, 0.6) is 5.75 Å². The second kappa shape index (κ2) is 11.0. The first kappa shape index (κ1) is 22.2. The van der Waals surface area contributed by atoms with Crippen molar-refractivity contribution in [3.05, 3.63) is 60.2 Å². The second-order valence-electron chi connectivity index (χ2n) is 8.32. The Labute approximate surface area is 181 Å². The smallest absolute Gasteiger partial charge is 0.234 e. The quantitative estimate of drug-likeness (QED) is 0.677. The Balaban J connectivity index is 1.53. The van der Waals surface area contributed by atoms with Crippen LogP contribution in [0.4, 0.5) is 5.69 Å². The Morgan fingerprint density at radius 2 is 1.67 bits per heavy atom. The summed E-state index contributed by atoms with van der Waals surface area (Å²) in [5.41, 5.74) is 2.32. The largest absolute Gasteiger partial charge is 0.492 e. The zero-order valence-electron chi connectivity index (χ0n) is 18.5. The maximum atomic E-state index is 12.8. The highest BCUT2D eigenvalue weighted by atomic mass is 16.5. The molecule has 0 saturated carbocycles. The first-order valence-corrected chi connectivity index (χ1v) is 11.1. The molecule has 2 aromatic carbocycles. The van der Waals surface area contributed by atoms with Crippen molar-refractivity contribution in [2.24, 2.45) is 5.92 Å². The number of rotatable bonds is 9. The lowest BCUT2D eigenvalue weighted by Crippen LogP contribution is -2.50. The lowest BCUT2D eigenvalue weighted by molar-refractivity contribution is -0.123. The highest BCUT2D eigenvalue weighted by Gasteiger charge is 2.23. The number of piperazine rings is 1. The van der Waals surface area contributed by atoms with E-state index in [1.54, 1.807) is 0 Å². The number of amides is 1. The summed E-state index contributed by atoms with van der Waals surface area (Å²) in [6.45, 7) is 11.0. The first-order chi connectivity index (χ1) is 14.6. The molecule has 0 bridgehead atoms. The van der Waals surface area contributed by atoms with Crippen LogP contribution in [0.15, 0.2) is 54.6 Å². The molecule has 3 rings (SSSR count). The highest BCUT2D eigenvalue weighted by Crippen LogP contribution is 2.28. The minimum absolute atomic E-state index is 0.0676. The summed E-state index contributed by atoms with van der Waals surface area (Å²) in [5, 5.41) is 3.27. The fourth-order valence-electron chi connectivity index (χ4n) is 4.02. The molecular weight excluding hydrogens is 374 g/mol. The minimum Gasteiger partial charge on any atom is -0.492 e. The van der Waals surface area contributed by atoms with E-state index in [-0.39, 0.29) is 11.9 Å². The summed E-state index contributed by atoms with van der Waals surface area (Å²) in [6.07, 6.45) is 0.942. The minimum atomic E-state index is 0.0676. The van der Waals surface area contributed by atoms with Gasteiger partial charge >= 0.3 is 0 Å². The van der Waals surface area contributed by atoms with Gasteiger partial charge < -0.3 is 15.0 Å². The molecule has 0 aliphatic carbocycles. The third kappa shape index (κ3) is 6.23. The van der Waals surface area contributed by atoms with Gasteiger partial charge in [0.25, 0.3) is 0 Å². The number of anilines is 1. The van der Waals surface area contributed by atoms with Crippen molar-refractivity contribution in [1.29, 1.82) is 0 Å². The van der Waals surface area contributed by atoms with Crippen molar-refractivity contribution in [3.63, 3.8) is 0 Å². The number of carbonyl (C=O) groups is 1. The van der Waals surface area contributed by atoms with Crippen LogP contribution in [-0.2, 0) is 4.79 Å². The Morgan fingerprint density at radius 1 is 1.00 bits per heavy atom. The van der Waals surface area contributed by atoms with Gasteiger partial charge in [-0.25, -0.2) is 0 Å². The molecule has 0 aromatic heterocycles. The van der Waals surface area contributed by atoms with Crippen LogP contribution in [0.3, 0.4) is 0 Å². The van der Waals surface area contributed by atoms with Crippen LogP contribution >= 0.6 is 0 Å². The van der Waals surface area contributed by atoms with Crippen molar-refractivity contribution in [1.82, 2.24) is 10.2 Å². The fraction of sp³-hybridized carbons (Fsp3) is 0.480. The SMILES string of the molecule is CCOc1ccccc1N1CCN(CC(=O)N[C@@H](CC(C)C)c2ccccc2)CC1. The topological polar surface area (TPSA) is 44.8 Å². The molecule has 0 spiro atoms. The van der Waals surface area contributed by atoms with E-state index in [4.69, 9.17) is 4.74 Å². The molecule has 1 N–H and O–H groups in total. The predicted octanol–water partition coefficient (Wildman–Crippen LogP) is 4.11. The molecule has 30 heavy (non-hydrogen) atoms. The van der Waals surface area contributed by atoms with E-state index in [1.807, 2.05) is 37.3 Å². The third-order valence-corrected chi connectivity index (χ3v) is 5.49. The maximum absolute atomic E-state index is 12.8. The zero-order chi connectivity index (χ0) is 21.3.